The van der Waals surface area contributed by atoms with Gasteiger partial charge in [0, 0.05) is 0 Å². The van der Waals surface area contributed by atoms with Crippen LogP contribution in [0.2, 0.25) is 0 Å². The van der Waals surface area contributed by atoms with Crippen LogP contribution in [-0.2, 0) is 64.5 Å². The van der Waals surface area contributed by atoms with Crippen LogP contribution in [0.5, 0.6) is 0 Å². The molecule has 2 aliphatic heterocycles. The fourth-order valence-electron chi connectivity index (χ4n) is 10.2. The van der Waals surface area contributed by atoms with Crippen LogP contribution >= 0.6 is 0 Å². The van der Waals surface area contributed by atoms with E-state index in [0.29, 0.717) is 22.3 Å². The van der Waals surface area contributed by atoms with Crippen molar-refractivity contribution in [3.63, 3.8) is 0 Å². The summed E-state index contributed by atoms with van der Waals surface area (Å²) in [5, 5.41) is 35.6. The standard InChI is InChI=1S/C66H66N4O4.C6H10O4.Zn/c1-5-9-14-43-20-28-47(29-21-43)60-53-36-37-54(67-53)61(48-30-22-44(23-31-48)15-10-6-2)56-40-41-58(69-56)63(50-34-26-46(27-35-50)17-12-8-4)64-51(18-13-19-52(65(71)72)66(73)74)42-59(70-64)62(57-39-38-55(60)68-57)49-32-24-45(25-33-49)16-11-7-3;1-2-3-4-6(10-8)5-9-7;/h13,18-42H,5-12,14-17H2,1-4H3,(H4,67,68,69,70,71,72,73,74);2-4,7-8H,5H2,1H3;/q;;+2/p-2/b18-13+,60-53?,60-55?,61-54?,61-56?,62-57?,62-59?,63-58?,64-63?;;. The largest absolute Gasteiger partial charge is 2.00 e. The first-order valence-corrected chi connectivity index (χ1v) is 29.2. The number of carboxylic acids is 2. The zero-order chi connectivity index (χ0) is 59.4. The molecule has 0 amide bonds. The first-order valence-electron chi connectivity index (χ1n) is 29.2. The van der Waals surface area contributed by atoms with E-state index in [0.717, 1.165) is 156 Å². The molecule has 12 nitrogen and oxygen atoms in total. The third-order valence-electron chi connectivity index (χ3n) is 14.8. The van der Waals surface area contributed by atoms with Crippen molar-refractivity contribution in [3.8, 4) is 44.5 Å². The van der Waals surface area contributed by atoms with Crippen molar-refractivity contribution in [1.29, 1.82) is 0 Å². The zero-order valence-electron chi connectivity index (χ0n) is 49.4. The van der Waals surface area contributed by atoms with Gasteiger partial charge in [0.2, 0.25) is 0 Å². The summed E-state index contributed by atoms with van der Waals surface area (Å²) in [6.45, 7) is 10.5. The molecule has 0 saturated heterocycles. The molecule has 0 unspecified atom stereocenters. The first-order chi connectivity index (χ1) is 41.0. The number of hydrogen-bond acceptors (Lipinski definition) is 8. The van der Waals surface area contributed by atoms with Gasteiger partial charge in [-0.05, 0) is 167 Å². The average Bonchev–Trinajstić information content (AvgIpc) is 4.50. The minimum absolute atomic E-state index is 0. The Morgan fingerprint density at radius 2 is 0.871 bits per heavy atom. The van der Waals surface area contributed by atoms with Gasteiger partial charge in [0.25, 0.3) is 0 Å². The van der Waals surface area contributed by atoms with Crippen molar-refractivity contribution in [1.82, 2.24) is 19.9 Å². The second kappa shape index (κ2) is 32.1. The number of carbonyl (C=O) groups is 2. The van der Waals surface area contributed by atoms with Gasteiger partial charge in [0.1, 0.15) is 12.2 Å². The summed E-state index contributed by atoms with van der Waals surface area (Å²) in [5.41, 5.74) is 17.9. The Bertz CT molecular complexity index is 3760. The van der Waals surface area contributed by atoms with E-state index in [9.17, 15) is 19.8 Å². The van der Waals surface area contributed by atoms with Gasteiger partial charge in [-0.15, -0.1) is 22.1 Å². The Morgan fingerprint density at radius 1 is 0.494 bits per heavy atom. The zero-order valence-corrected chi connectivity index (χ0v) is 52.3. The van der Waals surface area contributed by atoms with Crippen LogP contribution in [0.4, 0.5) is 0 Å². The van der Waals surface area contributed by atoms with Gasteiger partial charge in [-0.2, -0.15) is 0 Å². The molecular formula is C72H74N4O8Zn. The summed E-state index contributed by atoms with van der Waals surface area (Å²) in [7, 11) is 0. The maximum atomic E-state index is 12.1. The topological polar surface area (TPSA) is 187 Å². The van der Waals surface area contributed by atoms with Crippen molar-refractivity contribution in [2.75, 3.05) is 6.61 Å². The average molecular weight is 1190 g/mol. The fourth-order valence-corrected chi connectivity index (χ4v) is 10.2. The van der Waals surface area contributed by atoms with Gasteiger partial charge in [-0.3, -0.25) is 5.26 Å². The minimum Gasteiger partial charge on any atom is -0.657 e. The summed E-state index contributed by atoms with van der Waals surface area (Å²) in [4.78, 5) is 53.8. The van der Waals surface area contributed by atoms with Crippen LogP contribution < -0.4 is 9.97 Å². The van der Waals surface area contributed by atoms with E-state index in [1.807, 2.05) is 19.1 Å². The summed E-state index contributed by atoms with van der Waals surface area (Å²) >= 11 is 0. The second-order valence-corrected chi connectivity index (χ2v) is 20.9. The fraction of sp³-hybridized carbons (Fsp3) is 0.250. The van der Waals surface area contributed by atoms with E-state index >= 15 is 0 Å². The molecule has 7 aromatic rings. The third-order valence-corrected chi connectivity index (χ3v) is 14.8. The molecule has 2 aliphatic rings. The SMILES string of the molecule is CC=CC=C(COO)OO.CCCCc1ccc(-c2c3nc(c(-c4ccc(CCCC)cc4)c4cc(/C=C/C=C(C(=O)O)C(=O)O)c([n-]4)c(-c4ccc(CCCC)cc4)c4nc(c(-c5ccc(CCCC)cc5)c5ccc2[n-]5)C=C4)C=C3)cc1.[Zn+2]. The van der Waals surface area contributed by atoms with Crippen molar-refractivity contribution < 1.29 is 59.6 Å². The van der Waals surface area contributed by atoms with Crippen molar-refractivity contribution in [3.05, 3.63) is 208 Å². The number of aryl methyl sites for hydroxylation is 4. The molecule has 5 heterocycles. The quantitative estimate of drug-likeness (QED) is 0.00656. The number of nitrogens with zero attached hydrogens (tertiary/aromatic N) is 4. The molecule has 4 N–H and O–H groups in total. The van der Waals surface area contributed by atoms with E-state index in [4.69, 9.17) is 30.5 Å². The maximum Gasteiger partial charge on any atom is 2.00 e. The number of unbranched alkanes of at least 4 members (excludes halogenated alkanes) is 4. The van der Waals surface area contributed by atoms with Gasteiger partial charge < -0.3 is 25.1 Å². The molecule has 3 aromatic heterocycles. The molecule has 0 aliphatic carbocycles. The number of hydrogen-bond donors (Lipinski definition) is 4. The van der Waals surface area contributed by atoms with Gasteiger partial charge in [-0.25, -0.2) is 29.7 Å². The molecule has 0 radical (unpaired) electrons. The Kier molecular flexibility index (Phi) is 24.3. The molecule has 4 aromatic carbocycles. The van der Waals surface area contributed by atoms with Gasteiger partial charge in [0.15, 0.2) is 5.76 Å². The van der Waals surface area contributed by atoms with Gasteiger partial charge in [-0.1, -0.05) is 193 Å². The Morgan fingerprint density at radius 3 is 1.22 bits per heavy atom. The Labute approximate surface area is 511 Å². The van der Waals surface area contributed by atoms with Crippen LogP contribution in [0.15, 0.2) is 157 Å². The molecule has 0 spiro atoms. The monoisotopic (exact) mass is 1190 g/mol. The molecular weight excluding hydrogens is 1110 g/mol. The van der Waals surface area contributed by atoms with E-state index in [1.54, 1.807) is 18.2 Å². The second-order valence-electron chi connectivity index (χ2n) is 20.9. The van der Waals surface area contributed by atoms with Crippen LogP contribution in [-0.4, -0.2) is 49.2 Å². The number of aromatic nitrogens is 4. The van der Waals surface area contributed by atoms with Crippen LogP contribution in [0.25, 0.3) is 97.0 Å². The van der Waals surface area contributed by atoms with E-state index in [-0.39, 0.29) is 31.8 Å². The van der Waals surface area contributed by atoms with Crippen LogP contribution in [0.3, 0.4) is 0 Å². The number of benzene rings is 4. The summed E-state index contributed by atoms with van der Waals surface area (Å²) in [6.07, 6.45) is 30.2. The van der Waals surface area contributed by atoms with Crippen LogP contribution in [0.1, 0.15) is 137 Å². The number of aliphatic carboxylic acids is 2. The molecule has 0 fully saturated rings. The third kappa shape index (κ3) is 16.5. The van der Waals surface area contributed by atoms with Crippen molar-refractivity contribution in [2.45, 2.75) is 112 Å². The Balaban J connectivity index is 0.000000862. The number of fused-ring (bicyclic) bond motifs is 8. The summed E-state index contributed by atoms with van der Waals surface area (Å²) in [5.74, 6) is -2.92. The number of carboxylic acid groups (broad SMARTS) is 2. The minimum atomic E-state index is -1.53. The van der Waals surface area contributed by atoms with Gasteiger partial charge >= 0.3 is 31.4 Å². The number of rotatable bonds is 24. The molecule has 0 atom stereocenters. The molecule has 432 valence electrons. The van der Waals surface area contributed by atoms with Gasteiger partial charge in [0.05, 0.1) is 22.8 Å². The predicted molar refractivity (Wildman–Crippen MR) is 341 cm³/mol. The molecule has 8 bridgehead atoms. The van der Waals surface area contributed by atoms with Crippen LogP contribution in [0, 0.1) is 0 Å². The molecule has 13 heteroatoms. The molecule has 9 rings (SSSR count). The normalized spacial score (nSPS) is 11.9. The molecule has 85 heavy (non-hydrogen) atoms. The van der Waals surface area contributed by atoms with E-state index in [2.05, 4.69) is 165 Å². The molecule has 0 saturated carbocycles. The van der Waals surface area contributed by atoms with E-state index in [1.165, 1.54) is 34.4 Å². The smallest absolute Gasteiger partial charge is 0.657 e. The summed E-state index contributed by atoms with van der Waals surface area (Å²) < 4.78 is 0. The van der Waals surface area contributed by atoms with Crippen molar-refractivity contribution >= 4 is 64.4 Å². The van der Waals surface area contributed by atoms with E-state index < -0.39 is 17.5 Å². The first kappa shape index (κ1) is 64.2. The number of allylic oxidation sites excluding steroid dienone is 5. The predicted octanol–water partition coefficient (Wildman–Crippen LogP) is 17.5. The maximum absolute atomic E-state index is 12.1. The summed E-state index contributed by atoms with van der Waals surface area (Å²) in [6, 6.07) is 41.1. The Hall–Kier alpha value is -8.32. The van der Waals surface area contributed by atoms with Crippen molar-refractivity contribution in [2.24, 2.45) is 0 Å².